The summed E-state index contributed by atoms with van der Waals surface area (Å²) in [5.74, 6) is 0.286. The molecule has 0 aliphatic carbocycles. The van der Waals surface area contributed by atoms with Gasteiger partial charge in [-0.05, 0) is 40.8 Å². The molecule has 0 spiro atoms. The summed E-state index contributed by atoms with van der Waals surface area (Å²) < 4.78 is 0. The van der Waals surface area contributed by atoms with E-state index in [9.17, 15) is 10.2 Å². The van der Waals surface area contributed by atoms with E-state index in [1.807, 2.05) is 37.9 Å². The second kappa shape index (κ2) is 6.26. The van der Waals surface area contributed by atoms with Crippen LogP contribution in [0, 0.1) is 0 Å². The number of aromatic hydroxyl groups is 1. The third-order valence-electron chi connectivity index (χ3n) is 3.24. The zero-order valence-corrected chi connectivity index (χ0v) is 12.6. The van der Waals surface area contributed by atoms with E-state index in [1.54, 1.807) is 19.9 Å². The van der Waals surface area contributed by atoms with E-state index in [0.717, 1.165) is 17.8 Å². The first-order valence-corrected chi connectivity index (χ1v) is 6.76. The van der Waals surface area contributed by atoms with Crippen LogP contribution in [0.1, 0.15) is 39.3 Å². The van der Waals surface area contributed by atoms with Gasteiger partial charge in [-0.25, -0.2) is 0 Å². The fourth-order valence-electron chi connectivity index (χ4n) is 2.10. The molecular formula is C15H26N2O2. The van der Waals surface area contributed by atoms with Gasteiger partial charge in [0.1, 0.15) is 5.75 Å². The largest absolute Gasteiger partial charge is 0.508 e. The molecule has 4 heteroatoms. The van der Waals surface area contributed by atoms with Crippen molar-refractivity contribution < 1.29 is 10.2 Å². The molecule has 0 aromatic heterocycles. The van der Waals surface area contributed by atoms with Gasteiger partial charge in [-0.15, -0.1) is 0 Å². The number of phenolic OH excluding ortho intramolecular Hbond substituents is 1. The van der Waals surface area contributed by atoms with Crippen LogP contribution in [-0.2, 0) is 0 Å². The average Bonchev–Trinajstić information content (AvgIpc) is 2.33. The Hall–Kier alpha value is -1.26. The van der Waals surface area contributed by atoms with Crippen LogP contribution in [0.3, 0.4) is 0 Å². The molecule has 1 rings (SSSR count). The van der Waals surface area contributed by atoms with Gasteiger partial charge in [-0.1, -0.05) is 6.07 Å². The number of hydrogen-bond acceptors (Lipinski definition) is 4. The Balaban J connectivity index is 2.98. The highest BCUT2D eigenvalue weighted by molar-refractivity contribution is 5.54. The molecule has 1 aromatic carbocycles. The van der Waals surface area contributed by atoms with Gasteiger partial charge in [-0.2, -0.15) is 0 Å². The minimum absolute atomic E-state index is 0.110. The van der Waals surface area contributed by atoms with Gasteiger partial charge in [0.05, 0.1) is 5.60 Å². The van der Waals surface area contributed by atoms with Crippen molar-refractivity contribution in [2.45, 2.75) is 39.3 Å². The second-order valence-electron chi connectivity index (χ2n) is 5.58. The maximum Gasteiger partial charge on any atom is 0.122 e. The predicted molar refractivity (Wildman–Crippen MR) is 79.8 cm³/mol. The Kier molecular flexibility index (Phi) is 5.20. The van der Waals surface area contributed by atoms with E-state index < -0.39 is 5.60 Å². The van der Waals surface area contributed by atoms with Gasteiger partial charge in [-0.3, -0.25) is 0 Å². The van der Waals surface area contributed by atoms with Crippen molar-refractivity contribution in [1.29, 1.82) is 0 Å². The molecular weight excluding hydrogens is 240 g/mol. The van der Waals surface area contributed by atoms with Gasteiger partial charge in [0, 0.05) is 36.4 Å². The molecule has 4 nitrogen and oxygen atoms in total. The van der Waals surface area contributed by atoms with Crippen LogP contribution in [0.5, 0.6) is 5.75 Å². The van der Waals surface area contributed by atoms with Crippen LogP contribution >= 0.6 is 0 Å². The predicted octanol–water partition coefficient (Wildman–Crippen LogP) is 2.27. The standard InChI is InChI=1S/C15H26N2O2/c1-6-17(10-15(3,4)19)12-7-8-13(11(2)16-5)14(18)9-12/h7-9,11,16,18-19H,6,10H2,1-5H3. The number of likely N-dealkylation sites (N-methyl/N-ethyl adjacent to an activating group) is 1. The average molecular weight is 266 g/mol. The van der Waals surface area contributed by atoms with Crippen molar-refractivity contribution in [3.63, 3.8) is 0 Å². The zero-order chi connectivity index (χ0) is 14.6. The van der Waals surface area contributed by atoms with Crippen molar-refractivity contribution in [2.75, 3.05) is 25.0 Å². The van der Waals surface area contributed by atoms with Crippen LogP contribution in [0.4, 0.5) is 5.69 Å². The molecule has 0 radical (unpaired) electrons. The lowest BCUT2D eigenvalue weighted by Gasteiger charge is -2.30. The quantitative estimate of drug-likeness (QED) is 0.739. The maximum atomic E-state index is 10.1. The van der Waals surface area contributed by atoms with Gasteiger partial charge >= 0.3 is 0 Å². The topological polar surface area (TPSA) is 55.7 Å². The Morgan fingerprint density at radius 1 is 1.37 bits per heavy atom. The van der Waals surface area contributed by atoms with Crippen LogP contribution in [0.2, 0.25) is 0 Å². The Morgan fingerprint density at radius 3 is 2.42 bits per heavy atom. The minimum Gasteiger partial charge on any atom is -0.508 e. The number of nitrogens with zero attached hydrogens (tertiary/aromatic N) is 1. The van der Waals surface area contributed by atoms with E-state index >= 15 is 0 Å². The maximum absolute atomic E-state index is 10.1. The van der Waals surface area contributed by atoms with Gasteiger partial charge in [0.2, 0.25) is 0 Å². The summed E-state index contributed by atoms with van der Waals surface area (Å²) in [5, 5.41) is 23.1. The summed E-state index contributed by atoms with van der Waals surface area (Å²) >= 11 is 0. The molecule has 0 saturated carbocycles. The lowest BCUT2D eigenvalue weighted by molar-refractivity contribution is 0.0876. The lowest BCUT2D eigenvalue weighted by atomic mass is 10.1. The number of anilines is 1. The van der Waals surface area contributed by atoms with E-state index in [-0.39, 0.29) is 11.8 Å². The highest BCUT2D eigenvalue weighted by atomic mass is 16.3. The smallest absolute Gasteiger partial charge is 0.122 e. The molecule has 3 N–H and O–H groups in total. The molecule has 1 unspecified atom stereocenters. The van der Waals surface area contributed by atoms with E-state index in [2.05, 4.69) is 5.32 Å². The van der Waals surface area contributed by atoms with E-state index in [4.69, 9.17) is 0 Å². The third kappa shape index (κ3) is 4.40. The van der Waals surface area contributed by atoms with Crippen molar-refractivity contribution >= 4 is 5.69 Å². The third-order valence-corrected chi connectivity index (χ3v) is 3.24. The number of aliphatic hydroxyl groups is 1. The molecule has 0 bridgehead atoms. The number of nitrogens with one attached hydrogen (secondary N) is 1. The van der Waals surface area contributed by atoms with Crippen LogP contribution in [0.15, 0.2) is 18.2 Å². The van der Waals surface area contributed by atoms with E-state index in [1.165, 1.54) is 0 Å². The molecule has 0 aliphatic rings. The summed E-state index contributed by atoms with van der Waals surface area (Å²) in [4.78, 5) is 2.05. The fourth-order valence-corrected chi connectivity index (χ4v) is 2.10. The SMILES string of the molecule is CCN(CC(C)(C)O)c1ccc(C(C)NC)c(O)c1. The second-order valence-corrected chi connectivity index (χ2v) is 5.58. The Bertz CT molecular complexity index is 413. The Labute approximate surface area is 116 Å². The van der Waals surface area contributed by atoms with Crippen LogP contribution < -0.4 is 10.2 Å². The summed E-state index contributed by atoms with van der Waals surface area (Å²) in [7, 11) is 1.87. The monoisotopic (exact) mass is 266 g/mol. The summed E-state index contributed by atoms with van der Waals surface area (Å²) in [6.07, 6.45) is 0. The first-order chi connectivity index (χ1) is 8.78. The molecule has 19 heavy (non-hydrogen) atoms. The van der Waals surface area contributed by atoms with Crippen molar-refractivity contribution in [2.24, 2.45) is 0 Å². The molecule has 1 aromatic rings. The highest BCUT2D eigenvalue weighted by Crippen LogP contribution is 2.29. The molecule has 0 fully saturated rings. The normalized spacial score (nSPS) is 13.4. The first-order valence-electron chi connectivity index (χ1n) is 6.76. The molecule has 1 atom stereocenters. The molecule has 0 saturated heterocycles. The van der Waals surface area contributed by atoms with E-state index in [0.29, 0.717) is 6.54 Å². The van der Waals surface area contributed by atoms with Crippen LogP contribution in [-0.4, -0.2) is 36.0 Å². The Morgan fingerprint density at radius 2 is 2.00 bits per heavy atom. The van der Waals surface area contributed by atoms with Gasteiger partial charge < -0.3 is 20.4 Å². The summed E-state index contributed by atoms with van der Waals surface area (Å²) in [5.41, 5.74) is 1.04. The minimum atomic E-state index is -0.761. The number of benzene rings is 1. The zero-order valence-electron chi connectivity index (χ0n) is 12.6. The lowest BCUT2D eigenvalue weighted by Crippen LogP contribution is -2.38. The summed E-state index contributed by atoms with van der Waals surface area (Å²) in [6.45, 7) is 8.92. The highest BCUT2D eigenvalue weighted by Gasteiger charge is 2.18. The number of rotatable bonds is 6. The molecule has 108 valence electrons. The van der Waals surface area contributed by atoms with Crippen LogP contribution in [0.25, 0.3) is 0 Å². The number of hydrogen-bond donors (Lipinski definition) is 3. The first kappa shape index (κ1) is 15.8. The molecule has 0 amide bonds. The van der Waals surface area contributed by atoms with Crippen molar-refractivity contribution in [3.8, 4) is 5.75 Å². The van der Waals surface area contributed by atoms with Gasteiger partial charge in [0.25, 0.3) is 0 Å². The van der Waals surface area contributed by atoms with Crippen molar-refractivity contribution in [1.82, 2.24) is 5.32 Å². The molecule has 0 heterocycles. The summed E-state index contributed by atoms with van der Waals surface area (Å²) in [6, 6.07) is 5.79. The van der Waals surface area contributed by atoms with Gasteiger partial charge in [0.15, 0.2) is 0 Å². The molecule has 0 aliphatic heterocycles. The van der Waals surface area contributed by atoms with Crippen molar-refractivity contribution in [3.05, 3.63) is 23.8 Å². The number of phenols is 1. The fraction of sp³-hybridized carbons (Fsp3) is 0.600.